The Labute approximate surface area is 157 Å². The Bertz CT molecular complexity index is 1060. The standard InChI is InChI=1S/C21H23N3O3/c1-13-9-10-19(27-4)18(11-13)14(2)22-20(25)12-24-21(26)17-8-6-5-7-16(17)15(3)23-24/h5-11,14H,12H2,1-4H3,(H,22,25)/t14-/m0/s1. The summed E-state index contributed by atoms with van der Waals surface area (Å²) >= 11 is 0. The third kappa shape index (κ3) is 3.84. The fourth-order valence-corrected chi connectivity index (χ4v) is 3.20. The van der Waals surface area contributed by atoms with Crippen molar-refractivity contribution in [3.8, 4) is 5.75 Å². The van der Waals surface area contributed by atoms with E-state index in [0.29, 0.717) is 16.8 Å². The molecule has 6 nitrogen and oxygen atoms in total. The highest BCUT2D eigenvalue weighted by Gasteiger charge is 2.16. The zero-order valence-electron chi connectivity index (χ0n) is 15.9. The van der Waals surface area contributed by atoms with Crippen molar-refractivity contribution < 1.29 is 9.53 Å². The van der Waals surface area contributed by atoms with E-state index in [4.69, 9.17) is 4.74 Å². The Morgan fingerprint density at radius 1 is 1.19 bits per heavy atom. The first-order chi connectivity index (χ1) is 12.9. The van der Waals surface area contributed by atoms with Gasteiger partial charge in [-0.2, -0.15) is 5.10 Å². The van der Waals surface area contributed by atoms with Crippen LogP contribution in [0.1, 0.15) is 29.8 Å². The van der Waals surface area contributed by atoms with E-state index in [-0.39, 0.29) is 24.1 Å². The molecule has 0 aliphatic rings. The van der Waals surface area contributed by atoms with Gasteiger partial charge in [0.1, 0.15) is 12.3 Å². The SMILES string of the molecule is COc1ccc(C)cc1[C@H](C)NC(=O)Cn1nc(C)c2ccccc2c1=O. The number of ether oxygens (including phenoxy) is 1. The number of hydrogen-bond donors (Lipinski definition) is 1. The van der Waals surface area contributed by atoms with Gasteiger partial charge in [0.2, 0.25) is 5.91 Å². The minimum atomic E-state index is -0.282. The second-order valence-corrected chi connectivity index (χ2v) is 6.63. The number of carbonyl (C=O) groups is 1. The molecular weight excluding hydrogens is 342 g/mol. The number of nitrogens with zero attached hydrogens (tertiary/aromatic N) is 2. The van der Waals surface area contributed by atoms with Crippen molar-refractivity contribution in [3.05, 3.63) is 69.6 Å². The average Bonchev–Trinajstić information content (AvgIpc) is 2.65. The molecule has 0 saturated carbocycles. The molecule has 3 rings (SSSR count). The highest BCUT2D eigenvalue weighted by Crippen LogP contribution is 2.26. The summed E-state index contributed by atoms with van der Waals surface area (Å²) in [7, 11) is 1.60. The molecule has 6 heteroatoms. The molecule has 1 amide bonds. The highest BCUT2D eigenvalue weighted by molar-refractivity contribution is 5.83. The predicted molar refractivity (Wildman–Crippen MR) is 105 cm³/mol. The van der Waals surface area contributed by atoms with E-state index in [1.807, 2.05) is 51.1 Å². The third-order valence-corrected chi connectivity index (χ3v) is 4.57. The highest BCUT2D eigenvalue weighted by atomic mass is 16.5. The molecule has 0 radical (unpaired) electrons. The summed E-state index contributed by atoms with van der Waals surface area (Å²) < 4.78 is 6.60. The van der Waals surface area contributed by atoms with E-state index in [1.165, 1.54) is 4.68 Å². The summed E-state index contributed by atoms with van der Waals surface area (Å²) in [5.74, 6) is 0.431. The Kier molecular flexibility index (Phi) is 5.26. The van der Waals surface area contributed by atoms with Crippen LogP contribution in [0.3, 0.4) is 0 Å². The number of carbonyl (C=O) groups excluding carboxylic acids is 1. The summed E-state index contributed by atoms with van der Waals surface area (Å²) in [5.41, 5.74) is 2.41. The largest absolute Gasteiger partial charge is 0.496 e. The number of amides is 1. The van der Waals surface area contributed by atoms with E-state index in [0.717, 1.165) is 16.5 Å². The summed E-state index contributed by atoms with van der Waals surface area (Å²) in [6.45, 7) is 5.56. The van der Waals surface area contributed by atoms with Crippen LogP contribution in [-0.4, -0.2) is 22.8 Å². The van der Waals surface area contributed by atoms with E-state index in [9.17, 15) is 9.59 Å². The first-order valence-electron chi connectivity index (χ1n) is 8.81. The van der Waals surface area contributed by atoms with Crippen LogP contribution < -0.4 is 15.6 Å². The zero-order valence-corrected chi connectivity index (χ0v) is 15.9. The van der Waals surface area contributed by atoms with Crippen molar-refractivity contribution in [1.29, 1.82) is 0 Å². The Hall–Kier alpha value is -3.15. The lowest BCUT2D eigenvalue weighted by Crippen LogP contribution is -2.35. The van der Waals surface area contributed by atoms with Crippen molar-refractivity contribution in [1.82, 2.24) is 15.1 Å². The van der Waals surface area contributed by atoms with Crippen LogP contribution in [0.5, 0.6) is 5.75 Å². The molecule has 140 valence electrons. The molecule has 27 heavy (non-hydrogen) atoms. The van der Waals surface area contributed by atoms with Crippen molar-refractivity contribution >= 4 is 16.7 Å². The molecule has 1 N–H and O–H groups in total. The normalized spacial score (nSPS) is 12.0. The van der Waals surface area contributed by atoms with Crippen LogP contribution in [0.2, 0.25) is 0 Å². The van der Waals surface area contributed by atoms with Crippen molar-refractivity contribution in [2.45, 2.75) is 33.4 Å². The number of rotatable bonds is 5. The summed E-state index contributed by atoms with van der Waals surface area (Å²) in [6.07, 6.45) is 0. The van der Waals surface area contributed by atoms with Gasteiger partial charge in [-0.25, -0.2) is 4.68 Å². The molecule has 2 aromatic carbocycles. The van der Waals surface area contributed by atoms with Crippen LogP contribution in [0.15, 0.2) is 47.3 Å². The van der Waals surface area contributed by atoms with Crippen LogP contribution >= 0.6 is 0 Å². The van der Waals surface area contributed by atoms with Crippen LogP contribution in [0.25, 0.3) is 10.8 Å². The molecule has 0 aliphatic heterocycles. The molecule has 0 spiro atoms. The number of aryl methyl sites for hydroxylation is 2. The predicted octanol–water partition coefficient (Wildman–Crippen LogP) is 2.90. The third-order valence-electron chi connectivity index (χ3n) is 4.57. The van der Waals surface area contributed by atoms with Gasteiger partial charge in [-0.15, -0.1) is 0 Å². The molecule has 1 atom stereocenters. The summed E-state index contributed by atoms with van der Waals surface area (Å²) in [6, 6.07) is 12.8. The monoisotopic (exact) mass is 365 g/mol. The van der Waals surface area contributed by atoms with Gasteiger partial charge >= 0.3 is 0 Å². The Balaban J connectivity index is 1.82. The van der Waals surface area contributed by atoms with E-state index in [1.54, 1.807) is 19.2 Å². The maximum absolute atomic E-state index is 12.6. The van der Waals surface area contributed by atoms with E-state index < -0.39 is 0 Å². The topological polar surface area (TPSA) is 73.2 Å². The molecule has 1 heterocycles. The molecule has 3 aromatic rings. The average molecular weight is 365 g/mol. The van der Waals surface area contributed by atoms with Gasteiger partial charge in [0, 0.05) is 10.9 Å². The number of aromatic nitrogens is 2. The second-order valence-electron chi connectivity index (χ2n) is 6.63. The van der Waals surface area contributed by atoms with Crippen molar-refractivity contribution in [3.63, 3.8) is 0 Å². The van der Waals surface area contributed by atoms with Gasteiger partial charge in [0.25, 0.3) is 5.56 Å². The minimum Gasteiger partial charge on any atom is -0.496 e. The zero-order chi connectivity index (χ0) is 19.6. The fourth-order valence-electron chi connectivity index (χ4n) is 3.20. The maximum Gasteiger partial charge on any atom is 0.275 e. The fraction of sp³-hybridized carbons (Fsp3) is 0.286. The lowest BCUT2D eigenvalue weighted by Gasteiger charge is -2.18. The van der Waals surface area contributed by atoms with Gasteiger partial charge in [0.05, 0.1) is 24.2 Å². The van der Waals surface area contributed by atoms with Crippen LogP contribution in [0.4, 0.5) is 0 Å². The first-order valence-corrected chi connectivity index (χ1v) is 8.81. The molecule has 0 saturated heterocycles. The summed E-state index contributed by atoms with van der Waals surface area (Å²) in [5, 5.41) is 8.57. The second kappa shape index (κ2) is 7.61. The van der Waals surface area contributed by atoms with Gasteiger partial charge in [0.15, 0.2) is 0 Å². The molecule has 1 aromatic heterocycles. The van der Waals surface area contributed by atoms with Crippen molar-refractivity contribution in [2.24, 2.45) is 0 Å². The minimum absolute atomic E-state index is 0.136. The number of benzene rings is 2. The van der Waals surface area contributed by atoms with Crippen LogP contribution in [0, 0.1) is 13.8 Å². The molecule has 0 aliphatic carbocycles. The molecule has 0 bridgehead atoms. The van der Waals surface area contributed by atoms with E-state index in [2.05, 4.69) is 10.4 Å². The Morgan fingerprint density at radius 2 is 1.89 bits per heavy atom. The lowest BCUT2D eigenvalue weighted by atomic mass is 10.0. The van der Waals surface area contributed by atoms with Gasteiger partial charge < -0.3 is 10.1 Å². The smallest absolute Gasteiger partial charge is 0.275 e. The van der Waals surface area contributed by atoms with Gasteiger partial charge in [-0.3, -0.25) is 9.59 Å². The number of fused-ring (bicyclic) bond motifs is 1. The maximum atomic E-state index is 12.6. The van der Waals surface area contributed by atoms with Gasteiger partial charge in [-0.05, 0) is 32.9 Å². The van der Waals surface area contributed by atoms with E-state index >= 15 is 0 Å². The number of methoxy groups -OCH3 is 1. The number of hydrogen-bond acceptors (Lipinski definition) is 4. The first kappa shape index (κ1) is 18.6. The molecule has 0 fully saturated rings. The quantitative estimate of drug-likeness (QED) is 0.754. The van der Waals surface area contributed by atoms with Crippen molar-refractivity contribution in [2.75, 3.05) is 7.11 Å². The van der Waals surface area contributed by atoms with Gasteiger partial charge in [-0.1, -0.05) is 35.9 Å². The summed E-state index contributed by atoms with van der Waals surface area (Å²) in [4.78, 5) is 25.1. The molecule has 0 unspecified atom stereocenters. The Morgan fingerprint density at radius 3 is 2.59 bits per heavy atom. The molecular formula is C21H23N3O3. The lowest BCUT2D eigenvalue weighted by molar-refractivity contribution is -0.122. The van der Waals surface area contributed by atoms with Crippen LogP contribution in [-0.2, 0) is 11.3 Å². The number of nitrogens with one attached hydrogen (secondary N) is 1.